The lowest BCUT2D eigenvalue weighted by atomic mass is 9.87. The largest absolute Gasteiger partial charge is 0.393 e. The maximum absolute atomic E-state index is 10.4. The van der Waals surface area contributed by atoms with Gasteiger partial charge in [0.15, 0.2) is 0 Å². The third kappa shape index (κ3) is 3.47. The van der Waals surface area contributed by atoms with E-state index in [-0.39, 0.29) is 6.10 Å². The molecular formula is C17H27N5O. The van der Waals surface area contributed by atoms with Gasteiger partial charge in [0.2, 0.25) is 5.65 Å². The lowest BCUT2D eigenvalue weighted by Crippen LogP contribution is -2.38. The molecule has 1 N–H and O–H groups in total. The summed E-state index contributed by atoms with van der Waals surface area (Å²) in [6, 6.07) is 2.13. The summed E-state index contributed by atoms with van der Waals surface area (Å²) in [5.41, 5.74) is 2.99. The SMILES string of the molecule is CCc1cc(N2CCC(C(O)CC(C)C)CC2)c2nncn2n1. The number of hydrogen-bond acceptors (Lipinski definition) is 5. The van der Waals surface area contributed by atoms with E-state index in [1.54, 1.807) is 10.8 Å². The van der Waals surface area contributed by atoms with Gasteiger partial charge >= 0.3 is 0 Å². The summed E-state index contributed by atoms with van der Waals surface area (Å²) in [4.78, 5) is 2.36. The van der Waals surface area contributed by atoms with Crippen LogP contribution in [0.15, 0.2) is 12.4 Å². The smallest absolute Gasteiger partial charge is 0.200 e. The summed E-state index contributed by atoms with van der Waals surface area (Å²) in [6.07, 6.45) is 5.33. The molecule has 0 saturated carbocycles. The van der Waals surface area contributed by atoms with Crippen molar-refractivity contribution in [1.82, 2.24) is 19.8 Å². The third-order valence-electron chi connectivity index (χ3n) is 4.80. The predicted octanol–water partition coefficient (Wildman–Crippen LogP) is 2.31. The second-order valence-corrected chi connectivity index (χ2v) is 6.99. The van der Waals surface area contributed by atoms with Gasteiger partial charge in [0.25, 0.3) is 0 Å². The number of nitrogens with zero attached hydrogens (tertiary/aromatic N) is 5. The van der Waals surface area contributed by atoms with Gasteiger partial charge in [-0.1, -0.05) is 20.8 Å². The van der Waals surface area contributed by atoms with Crippen LogP contribution in [0, 0.1) is 11.8 Å². The van der Waals surface area contributed by atoms with Crippen molar-refractivity contribution in [2.75, 3.05) is 18.0 Å². The van der Waals surface area contributed by atoms with E-state index in [0.717, 1.165) is 55.8 Å². The van der Waals surface area contributed by atoms with E-state index < -0.39 is 0 Å². The minimum atomic E-state index is -0.172. The zero-order valence-electron chi connectivity index (χ0n) is 14.3. The van der Waals surface area contributed by atoms with E-state index in [2.05, 4.69) is 47.0 Å². The molecule has 2 aromatic rings. The maximum Gasteiger partial charge on any atom is 0.200 e. The highest BCUT2D eigenvalue weighted by Crippen LogP contribution is 2.29. The molecule has 0 bridgehead atoms. The monoisotopic (exact) mass is 317 g/mol. The fourth-order valence-electron chi connectivity index (χ4n) is 3.47. The van der Waals surface area contributed by atoms with Crippen molar-refractivity contribution >= 4 is 11.3 Å². The van der Waals surface area contributed by atoms with Crippen LogP contribution in [-0.2, 0) is 6.42 Å². The van der Waals surface area contributed by atoms with Crippen LogP contribution in [0.3, 0.4) is 0 Å². The number of aliphatic hydroxyl groups is 1. The van der Waals surface area contributed by atoms with Gasteiger partial charge in [-0.25, -0.2) is 0 Å². The summed E-state index contributed by atoms with van der Waals surface area (Å²) in [6.45, 7) is 8.36. The van der Waals surface area contributed by atoms with Crippen molar-refractivity contribution in [2.45, 2.75) is 52.6 Å². The second-order valence-electron chi connectivity index (χ2n) is 6.99. The summed E-state index contributed by atoms with van der Waals surface area (Å²) < 4.78 is 1.77. The van der Waals surface area contributed by atoms with Crippen LogP contribution in [0.4, 0.5) is 5.69 Å². The third-order valence-corrected chi connectivity index (χ3v) is 4.80. The Morgan fingerprint density at radius 3 is 2.70 bits per heavy atom. The molecule has 2 aromatic heterocycles. The van der Waals surface area contributed by atoms with Crippen molar-refractivity contribution in [1.29, 1.82) is 0 Å². The van der Waals surface area contributed by atoms with Gasteiger partial charge in [0, 0.05) is 13.1 Å². The summed E-state index contributed by atoms with van der Waals surface area (Å²) in [5, 5.41) is 23.1. The van der Waals surface area contributed by atoms with Crippen LogP contribution in [0.5, 0.6) is 0 Å². The number of anilines is 1. The molecule has 0 spiro atoms. The van der Waals surface area contributed by atoms with Gasteiger partial charge in [0.05, 0.1) is 17.5 Å². The number of piperidine rings is 1. The molecule has 126 valence electrons. The first kappa shape index (κ1) is 16.2. The average Bonchev–Trinajstić information content (AvgIpc) is 3.01. The van der Waals surface area contributed by atoms with Crippen molar-refractivity contribution in [3.8, 4) is 0 Å². The highest BCUT2D eigenvalue weighted by atomic mass is 16.3. The van der Waals surface area contributed by atoms with E-state index in [1.807, 2.05) is 0 Å². The molecular weight excluding hydrogens is 290 g/mol. The van der Waals surface area contributed by atoms with Crippen LogP contribution in [0.25, 0.3) is 5.65 Å². The lowest BCUT2D eigenvalue weighted by Gasteiger charge is -2.36. The Hall–Kier alpha value is -1.69. The van der Waals surface area contributed by atoms with Gasteiger partial charge in [-0.05, 0) is 43.6 Å². The number of aryl methyl sites for hydroxylation is 1. The van der Waals surface area contributed by atoms with Crippen LogP contribution in [-0.4, -0.2) is 44.1 Å². The van der Waals surface area contributed by atoms with E-state index in [1.165, 1.54) is 0 Å². The minimum Gasteiger partial charge on any atom is -0.393 e. The molecule has 1 fully saturated rings. The topological polar surface area (TPSA) is 66.5 Å². The van der Waals surface area contributed by atoms with Crippen molar-refractivity contribution in [3.05, 3.63) is 18.1 Å². The number of rotatable bonds is 5. The van der Waals surface area contributed by atoms with E-state index in [9.17, 15) is 5.11 Å². The molecule has 0 amide bonds. The number of aliphatic hydroxyl groups excluding tert-OH is 1. The number of aromatic nitrogens is 4. The molecule has 6 heteroatoms. The molecule has 1 atom stereocenters. The van der Waals surface area contributed by atoms with Gasteiger partial charge in [0.1, 0.15) is 6.33 Å². The normalized spacial score (nSPS) is 18.0. The van der Waals surface area contributed by atoms with Gasteiger partial charge in [-0.2, -0.15) is 9.61 Å². The van der Waals surface area contributed by atoms with Gasteiger partial charge in [-0.15, -0.1) is 10.2 Å². The predicted molar refractivity (Wildman–Crippen MR) is 90.6 cm³/mol. The fourth-order valence-corrected chi connectivity index (χ4v) is 3.47. The highest BCUT2D eigenvalue weighted by Gasteiger charge is 2.27. The molecule has 0 aliphatic carbocycles. The standard InChI is InChI=1S/C17H27N5O/c1-4-14-10-15(17-19-18-11-22(17)20-14)21-7-5-13(6-8-21)16(23)9-12(2)3/h10-13,16,23H,4-9H2,1-3H3. The van der Waals surface area contributed by atoms with Crippen molar-refractivity contribution < 1.29 is 5.11 Å². The first-order valence-electron chi connectivity index (χ1n) is 8.71. The molecule has 1 aliphatic rings. The van der Waals surface area contributed by atoms with E-state index in [4.69, 9.17) is 0 Å². The Kier molecular flexibility index (Phi) is 4.80. The Labute approximate surface area is 137 Å². The van der Waals surface area contributed by atoms with Crippen molar-refractivity contribution in [2.24, 2.45) is 11.8 Å². The minimum absolute atomic E-state index is 0.172. The Morgan fingerprint density at radius 2 is 2.04 bits per heavy atom. The first-order valence-corrected chi connectivity index (χ1v) is 8.71. The second kappa shape index (κ2) is 6.83. The Bertz CT molecular complexity index is 645. The molecule has 3 rings (SSSR count). The Morgan fingerprint density at radius 1 is 1.30 bits per heavy atom. The molecule has 1 saturated heterocycles. The van der Waals surface area contributed by atoms with E-state index >= 15 is 0 Å². The maximum atomic E-state index is 10.4. The van der Waals surface area contributed by atoms with Crippen molar-refractivity contribution in [3.63, 3.8) is 0 Å². The van der Waals surface area contributed by atoms with Crippen LogP contribution >= 0.6 is 0 Å². The zero-order valence-corrected chi connectivity index (χ0v) is 14.3. The Balaban J connectivity index is 1.74. The molecule has 0 aromatic carbocycles. The average molecular weight is 317 g/mol. The zero-order chi connectivity index (χ0) is 16.4. The number of fused-ring (bicyclic) bond motifs is 1. The molecule has 0 radical (unpaired) electrons. The van der Waals surface area contributed by atoms with Gasteiger partial charge < -0.3 is 10.0 Å². The summed E-state index contributed by atoms with van der Waals surface area (Å²) in [7, 11) is 0. The van der Waals surface area contributed by atoms with Crippen LogP contribution in [0.1, 0.15) is 45.7 Å². The van der Waals surface area contributed by atoms with Gasteiger partial charge in [-0.3, -0.25) is 0 Å². The summed E-state index contributed by atoms with van der Waals surface area (Å²) in [5.74, 6) is 0.959. The summed E-state index contributed by atoms with van der Waals surface area (Å²) >= 11 is 0. The highest BCUT2D eigenvalue weighted by molar-refractivity contribution is 5.68. The molecule has 23 heavy (non-hydrogen) atoms. The quantitative estimate of drug-likeness (QED) is 0.916. The molecule has 6 nitrogen and oxygen atoms in total. The van der Waals surface area contributed by atoms with E-state index in [0.29, 0.717) is 11.8 Å². The van der Waals surface area contributed by atoms with Crippen LogP contribution < -0.4 is 4.90 Å². The molecule has 1 unspecified atom stereocenters. The first-order chi connectivity index (χ1) is 11.1. The van der Waals surface area contributed by atoms with Crippen LogP contribution in [0.2, 0.25) is 0 Å². The molecule has 1 aliphatic heterocycles. The molecule has 3 heterocycles. The number of hydrogen-bond donors (Lipinski definition) is 1. The fraction of sp³-hybridized carbons (Fsp3) is 0.706. The lowest BCUT2D eigenvalue weighted by molar-refractivity contribution is 0.0735.